The van der Waals surface area contributed by atoms with Crippen molar-refractivity contribution in [3.8, 4) is 0 Å². The zero-order valence-electron chi connectivity index (χ0n) is 6.13. The second kappa shape index (κ2) is 4.51. The molecule has 0 aromatic heterocycles. The first-order valence-corrected chi connectivity index (χ1v) is 2.82. The minimum absolute atomic E-state index is 0. The first kappa shape index (κ1) is 14.1. The molecule has 0 amide bonds. The number of rotatable bonds is 2. The van der Waals surface area contributed by atoms with E-state index >= 15 is 0 Å². The Labute approximate surface area is 73.1 Å². The van der Waals surface area contributed by atoms with Crippen LogP contribution in [0.5, 0.6) is 0 Å². The average Bonchev–Trinajstić information content (AvgIpc) is 1.82. The van der Waals surface area contributed by atoms with Crippen molar-refractivity contribution in [2.75, 3.05) is 0 Å². The molecule has 3 N–H and O–H groups in total. The Bertz CT molecular complexity index is 161. The van der Waals surface area contributed by atoms with E-state index in [1.54, 1.807) is 0 Å². The second-order valence-electron chi connectivity index (χ2n) is 2.19. The molecule has 0 rings (SSSR count). The fourth-order valence-corrected chi connectivity index (χ4v) is 0.417. The SMILES string of the molecule is CC([C@H](N)C(=O)O)C(F)(F)F.Cl. The Morgan fingerprint density at radius 1 is 1.50 bits per heavy atom. The molecule has 3 nitrogen and oxygen atoms in total. The van der Waals surface area contributed by atoms with E-state index in [0.717, 1.165) is 6.92 Å². The Morgan fingerprint density at radius 3 is 1.92 bits per heavy atom. The van der Waals surface area contributed by atoms with Gasteiger partial charge in [0, 0.05) is 0 Å². The third-order valence-electron chi connectivity index (χ3n) is 1.34. The van der Waals surface area contributed by atoms with E-state index in [-0.39, 0.29) is 12.4 Å². The highest BCUT2D eigenvalue weighted by Crippen LogP contribution is 2.27. The van der Waals surface area contributed by atoms with Crippen LogP contribution >= 0.6 is 12.4 Å². The number of nitrogens with two attached hydrogens (primary N) is 1. The second-order valence-corrected chi connectivity index (χ2v) is 2.19. The topological polar surface area (TPSA) is 63.3 Å². The molecule has 7 heteroatoms. The first-order chi connectivity index (χ1) is 4.76. The van der Waals surface area contributed by atoms with E-state index in [1.807, 2.05) is 0 Å². The highest BCUT2D eigenvalue weighted by atomic mass is 35.5. The number of halogens is 4. The zero-order chi connectivity index (χ0) is 9.23. The van der Waals surface area contributed by atoms with Gasteiger partial charge >= 0.3 is 12.1 Å². The average molecular weight is 208 g/mol. The minimum Gasteiger partial charge on any atom is -0.480 e. The maximum atomic E-state index is 11.7. The number of hydrogen-bond acceptors (Lipinski definition) is 2. The van der Waals surface area contributed by atoms with E-state index in [4.69, 9.17) is 10.8 Å². The maximum absolute atomic E-state index is 11.7. The first-order valence-electron chi connectivity index (χ1n) is 2.82. The van der Waals surface area contributed by atoms with Gasteiger partial charge in [-0.3, -0.25) is 4.79 Å². The Morgan fingerprint density at radius 2 is 1.83 bits per heavy atom. The molecule has 0 bridgehead atoms. The predicted octanol–water partition coefficient (Wildman–Crippen LogP) is 1.02. The summed E-state index contributed by atoms with van der Waals surface area (Å²) < 4.78 is 35.1. The normalized spacial score (nSPS) is 16.1. The lowest BCUT2D eigenvalue weighted by Gasteiger charge is -2.18. The standard InChI is InChI=1S/C5H8F3NO2.ClH/c1-2(5(6,7)8)3(9)4(10)11;/h2-3H,9H2,1H3,(H,10,11);1H/t2?,3-;/m0./s1. The predicted molar refractivity (Wildman–Crippen MR) is 38.1 cm³/mol. The number of carboxylic acid groups (broad SMARTS) is 1. The minimum atomic E-state index is -4.54. The molecule has 0 saturated heterocycles. The summed E-state index contributed by atoms with van der Waals surface area (Å²) in [7, 11) is 0. The van der Waals surface area contributed by atoms with Crippen molar-refractivity contribution in [2.45, 2.75) is 19.1 Å². The number of aliphatic carboxylic acids is 1. The molecule has 0 aliphatic rings. The number of carboxylic acids is 1. The Hall–Kier alpha value is -0.490. The molecule has 0 spiro atoms. The van der Waals surface area contributed by atoms with E-state index in [9.17, 15) is 18.0 Å². The molecule has 12 heavy (non-hydrogen) atoms. The highest BCUT2D eigenvalue weighted by molar-refractivity contribution is 5.85. The van der Waals surface area contributed by atoms with Crippen LogP contribution in [-0.4, -0.2) is 23.3 Å². The van der Waals surface area contributed by atoms with Crippen molar-refractivity contribution in [2.24, 2.45) is 11.7 Å². The van der Waals surface area contributed by atoms with Gasteiger partial charge in [0.25, 0.3) is 0 Å². The zero-order valence-corrected chi connectivity index (χ0v) is 6.95. The molecule has 0 radical (unpaired) electrons. The molecule has 0 aromatic rings. The van der Waals surface area contributed by atoms with Crippen LogP contribution < -0.4 is 5.73 Å². The largest absolute Gasteiger partial charge is 0.480 e. The van der Waals surface area contributed by atoms with Gasteiger partial charge in [-0.05, 0) is 0 Å². The van der Waals surface area contributed by atoms with E-state index in [2.05, 4.69) is 0 Å². The van der Waals surface area contributed by atoms with Gasteiger partial charge in [0.2, 0.25) is 0 Å². The fraction of sp³-hybridized carbons (Fsp3) is 0.800. The van der Waals surface area contributed by atoms with Crippen LogP contribution in [0.15, 0.2) is 0 Å². The smallest absolute Gasteiger partial charge is 0.393 e. The summed E-state index contributed by atoms with van der Waals surface area (Å²) in [6.07, 6.45) is -4.54. The van der Waals surface area contributed by atoms with Crippen LogP contribution in [-0.2, 0) is 4.79 Å². The van der Waals surface area contributed by atoms with Crippen molar-refractivity contribution in [1.82, 2.24) is 0 Å². The number of alkyl halides is 3. The van der Waals surface area contributed by atoms with Crippen LogP contribution in [0, 0.1) is 5.92 Å². The van der Waals surface area contributed by atoms with Crippen LogP contribution in [0.2, 0.25) is 0 Å². The summed E-state index contributed by atoms with van der Waals surface area (Å²) in [5, 5.41) is 8.09. The molecular weight excluding hydrogens is 199 g/mol. The van der Waals surface area contributed by atoms with Crippen LogP contribution in [0.3, 0.4) is 0 Å². The van der Waals surface area contributed by atoms with Crippen LogP contribution in [0.1, 0.15) is 6.92 Å². The van der Waals surface area contributed by atoms with Crippen molar-refractivity contribution in [1.29, 1.82) is 0 Å². The van der Waals surface area contributed by atoms with E-state index in [1.165, 1.54) is 0 Å². The third-order valence-corrected chi connectivity index (χ3v) is 1.34. The maximum Gasteiger partial charge on any atom is 0.393 e. The van der Waals surface area contributed by atoms with Gasteiger partial charge in [-0.2, -0.15) is 13.2 Å². The van der Waals surface area contributed by atoms with Crippen LogP contribution in [0.25, 0.3) is 0 Å². The van der Waals surface area contributed by atoms with Crippen molar-refractivity contribution < 1.29 is 23.1 Å². The van der Waals surface area contributed by atoms with Gasteiger partial charge in [0.1, 0.15) is 6.04 Å². The molecule has 74 valence electrons. The molecule has 0 aliphatic heterocycles. The quantitative estimate of drug-likeness (QED) is 0.711. The Balaban J connectivity index is 0. The van der Waals surface area contributed by atoms with Gasteiger partial charge in [0.15, 0.2) is 0 Å². The summed E-state index contributed by atoms with van der Waals surface area (Å²) >= 11 is 0. The molecule has 0 aromatic carbocycles. The lowest BCUT2D eigenvalue weighted by molar-refractivity contribution is -0.182. The molecule has 0 heterocycles. The van der Waals surface area contributed by atoms with Gasteiger partial charge in [-0.25, -0.2) is 0 Å². The van der Waals surface area contributed by atoms with Crippen molar-refractivity contribution >= 4 is 18.4 Å². The summed E-state index contributed by atoms with van der Waals surface area (Å²) in [5.74, 6) is -3.66. The molecule has 2 atom stereocenters. The van der Waals surface area contributed by atoms with Crippen LogP contribution in [0.4, 0.5) is 13.2 Å². The van der Waals surface area contributed by atoms with Gasteiger partial charge in [0.05, 0.1) is 5.92 Å². The molecular formula is C5H9ClF3NO2. The number of hydrogen-bond donors (Lipinski definition) is 2. The third kappa shape index (κ3) is 3.77. The molecule has 0 fully saturated rings. The highest BCUT2D eigenvalue weighted by Gasteiger charge is 2.42. The Kier molecular flexibility index (Phi) is 5.29. The van der Waals surface area contributed by atoms with Crippen molar-refractivity contribution in [3.63, 3.8) is 0 Å². The van der Waals surface area contributed by atoms with Gasteiger partial charge < -0.3 is 10.8 Å². The summed E-state index contributed by atoms with van der Waals surface area (Å²) in [5.41, 5.74) is 4.73. The summed E-state index contributed by atoms with van der Waals surface area (Å²) in [4.78, 5) is 9.96. The van der Waals surface area contributed by atoms with E-state index < -0.39 is 24.1 Å². The fourth-order valence-electron chi connectivity index (χ4n) is 0.417. The summed E-state index contributed by atoms with van der Waals surface area (Å²) in [6, 6.07) is -1.88. The van der Waals surface area contributed by atoms with E-state index in [0.29, 0.717) is 0 Å². The van der Waals surface area contributed by atoms with Gasteiger partial charge in [-0.15, -0.1) is 12.4 Å². The molecule has 0 saturated carbocycles. The molecule has 1 unspecified atom stereocenters. The lowest BCUT2D eigenvalue weighted by Crippen LogP contribution is -2.43. The monoisotopic (exact) mass is 207 g/mol. The van der Waals surface area contributed by atoms with Crippen molar-refractivity contribution in [3.05, 3.63) is 0 Å². The van der Waals surface area contributed by atoms with Gasteiger partial charge in [-0.1, -0.05) is 6.92 Å². The number of carbonyl (C=O) groups is 1. The lowest BCUT2D eigenvalue weighted by atomic mass is 10.0. The summed E-state index contributed by atoms with van der Waals surface area (Å²) in [6.45, 7) is 0.735. The molecule has 0 aliphatic carbocycles.